The van der Waals surface area contributed by atoms with E-state index in [1.165, 1.54) is 12.1 Å². The first-order chi connectivity index (χ1) is 29.9. The van der Waals surface area contributed by atoms with Crippen molar-refractivity contribution < 1.29 is 33.8 Å². The lowest BCUT2D eigenvalue weighted by Gasteiger charge is -2.37. The number of rotatable bonds is 12. The van der Waals surface area contributed by atoms with Crippen LogP contribution >= 0.6 is 0 Å². The van der Waals surface area contributed by atoms with E-state index in [2.05, 4.69) is 42.5 Å². The minimum atomic E-state index is -2.51. The summed E-state index contributed by atoms with van der Waals surface area (Å²) in [7, 11) is -0.882. The van der Waals surface area contributed by atoms with Gasteiger partial charge in [0.25, 0.3) is 17.5 Å². The van der Waals surface area contributed by atoms with Crippen molar-refractivity contribution in [3.63, 3.8) is 0 Å². The van der Waals surface area contributed by atoms with Gasteiger partial charge in [0.15, 0.2) is 11.4 Å². The molecule has 5 aromatic carbocycles. The molecule has 3 aliphatic rings. The number of hydrogen-bond donors (Lipinski definition) is 1. The van der Waals surface area contributed by atoms with Crippen molar-refractivity contribution in [2.24, 2.45) is 5.92 Å². The summed E-state index contributed by atoms with van der Waals surface area (Å²) in [5.41, 5.74) is 2.37. The van der Waals surface area contributed by atoms with Crippen molar-refractivity contribution >= 4 is 47.8 Å². The smallest absolute Gasteiger partial charge is 0.269 e. The van der Waals surface area contributed by atoms with Crippen molar-refractivity contribution in [1.82, 2.24) is 15.0 Å². The number of aliphatic hydroxyl groups is 1. The second kappa shape index (κ2) is 16.0. The molecular formula is C47H46N6O8Si. The van der Waals surface area contributed by atoms with Gasteiger partial charge >= 0.3 is 0 Å². The molecule has 15 heteroatoms. The van der Waals surface area contributed by atoms with Crippen molar-refractivity contribution in [1.29, 1.82) is 0 Å². The predicted molar refractivity (Wildman–Crippen MR) is 235 cm³/mol. The summed E-state index contributed by atoms with van der Waals surface area (Å²) < 4.78 is 20.6. The van der Waals surface area contributed by atoms with Gasteiger partial charge in [-0.2, -0.15) is 0 Å². The molecule has 6 aromatic rings. The maximum atomic E-state index is 15.4. The van der Waals surface area contributed by atoms with Gasteiger partial charge in [-0.3, -0.25) is 29.3 Å². The number of nitro groups is 1. The molecular weight excluding hydrogens is 805 g/mol. The zero-order chi connectivity index (χ0) is 43.3. The number of aliphatic hydroxyl groups excluding tert-OH is 1. The van der Waals surface area contributed by atoms with Gasteiger partial charge in [0.05, 0.1) is 55.4 Å². The zero-order valence-corrected chi connectivity index (χ0v) is 35.8. The average molecular weight is 851 g/mol. The average Bonchev–Trinajstić information content (AvgIpc) is 3.90. The number of para-hydroxylation sites is 3. The molecule has 4 heterocycles. The highest BCUT2D eigenvalue weighted by Gasteiger charge is 2.66. The van der Waals surface area contributed by atoms with E-state index in [0.717, 1.165) is 16.5 Å². The molecule has 3 aliphatic heterocycles. The molecule has 1 spiro atoms. The third kappa shape index (κ3) is 6.82. The van der Waals surface area contributed by atoms with E-state index in [-0.39, 0.29) is 36.2 Å². The van der Waals surface area contributed by atoms with E-state index < -0.39 is 30.6 Å². The number of aromatic nitrogens is 3. The highest BCUT2D eigenvalue weighted by molar-refractivity contribution is 6.91. The number of carbonyl (C=O) groups is 2. The largest absolute Gasteiger partial charge is 0.497 e. The number of fused-ring (bicyclic) bond motifs is 4. The quantitative estimate of drug-likeness (QED) is 0.0735. The van der Waals surface area contributed by atoms with Crippen LogP contribution in [0.5, 0.6) is 17.2 Å². The van der Waals surface area contributed by atoms with Crippen LogP contribution in [0.2, 0.25) is 18.6 Å². The molecule has 62 heavy (non-hydrogen) atoms. The molecule has 316 valence electrons. The van der Waals surface area contributed by atoms with Crippen LogP contribution in [0, 0.1) is 16.0 Å². The number of hydrogen-bond acceptors (Lipinski definition) is 10. The van der Waals surface area contributed by atoms with Crippen LogP contribution in [0.15, 0.2) is 121 Å². The summed E-state index contributed by atoms with van der Waals surface area (Å²) in [5.74, 6) is 0.840. The van der Waals surface area contributed by atoms with Crippen molar-refractivity contribution in [2.45, 2.75) is 63.2 Å². The first-order valence-electron chi connectivity index (χ1n) is 20.7. The lowest BCUT2D eigenvalue weighted by atomic mass is 9.82. The molecule has 1 aromatic heterocycles. The second-order valence-electron chi connectivity index (χ2n) is 16.6. The number of carbonyl (C=O) groups excluding carboxylic acids is 2. The Bertz CT molecular complexity index is 2690. The number of amides is 2. The van der Waals surface area contributed by atoms with Gasteiger partial charge in [-0.25, -0.2) is 0 Å². The van der Waals surface area contributed by atoms with Crippen LogP contribution in [-0.4, -0.2) is 64.7 Å². The fourth-order valence-corrected chi connectivity index (χ4v) is 13.8. The number of methoxy groups -OCH3 is 1. The van der Waals surface area contributed by atoms with Gasteiger partial charge in [-0.1, -0.05) is 78.9 Å². The number of benzene rings is 5. The van der Waals surface area contributed by atoms with Gasteiger partial charge in [-0.15, -0.1) is 5.10 Å². The van der Waals surface area contributed by atoms with Gasteiger partial charge in [0.2, 0.25) is 0 Å². The SMILES string of the molecule is COc1ccc([Si](C)(C)[C@@H]2[C@@H](CCn3cc(CCO)nn3)O[C@]3(C(=O)N(Cc4ccc(N5C(=O)c6ccccc6Oc6ccccc65)cc4)c4ccc([N+](=O)[O-])cc43)[C@H]2C)cc1. The summed E-state index contributed by atoms with van der Waals surface area (Å²) in [6.45, 7) is 7.17. The molecule has 4 atom stereocenters. The van der Waals surface area contributed by atoms with E-state index in [9.17, 15) is 20.0 Å². The molecule has 0 aliphatic carbocycles. The maximum absolute atomic E-state index is 15.4. The normalized spacial score (nSPS) is 20.4. The van der Waals surface area contributed by atoms with Gasteiger partial charge in [0.1, 0.15) is 11.5 Å². The number of nitro benzene ring substituents is 1. The number of aryl methyl sites for hydroxylation is 1. The molecule has 0 saturated carbocycles. The van der Waals surface area contributed by atoms with Crippen molar-refractivity contribution in [3.8, 4) is 17.2 Å². The molecule has 1 N–H and O–H groups in total. The van der Waals surface area contributed by atoms with Crippen LogP contribution < -0.4 is 24.5 Å². The molecule has 0 unspecified atom stereocenters. The van der Waals surface area contributed by atoms with Crippen LogP contribution in [0.25, 0.3) is 0 Å². The van der Waals surface area contributed by atoms with E-state index in [1.54, 1.807) is 45.9 Å². The number of ether oxygens (including phenoxy) is 3. The molecule has 1 saturated heterocycles. The molecule has 0 radical (unpaired) electrons. The lowest BCUT2D eigenvalue weighted by Crippen LogP contribution is -2.51. The number of anilines is 3. The standard InChI is InChI=1S/C47H46N6O8Si/c1-30-44(62(3,4)36-20-18-35(59-2)19-21-36)43(23-25-50-29-32(24-26-54)48-49-50)61-47(30)38-27-34(53(57)58)17-22-39(38)51(46(47)56)28-31-13-15-33(16-14-31)52-40-10-6-8-12-42(40)60-41-11-7-5-9-37(41)45(52)55/h5-22,27,29-30,43-44,54H,23-26,28H2,1-4H3/t30-,43+,44-,47+/m0/s1. The molecule has 0 bridgehead atoms. The second-order valence-corrected chi connectivity index (χ2v) is 21.3. The summed E-state index contributed by atoms with van der Waals surface area (Å²) in [6, 6.07) is 34.7. The topological polar surface area (TPSA) is 162 Å². The maximum Gasteiger partial charge on any atom is 0.269 e. The summed E-state index contributed by atoms with van der Waals surface area (Å²) in [5, 5.41) is 31.4. The van der Waals surface area contributed by atoms with Crippen molar-refractivity contribution in [2.75, 3.05) is 23.5 Å². The zero-order valence-electron chi connectivity index (χ0n) is 34.8. The Hall–Kier alpha value is -6.68. The first kappa shape index (κ1) is 40.7. The predicted octanol–water partition coefficient (Wildman–Crippen LogP) is 7.67. The first-order valence-corrected chi connectivity index (χ1v) is 23.7. The summed E-state index contributed by atoms with van der Waals surface area (Å²) in [6.07, 6.45) is 2.26. The Morgan fingerprint density at radius 2 is 1.65 bits per heavy atom. The molecule has 1 fully saturated rings. The fourth-order valence-electron chi connectivity index (χ4n) is 9.78. The van der Waals surface area contributed by atoms with Crippen LogP contribution in [0.3, 0.4) is 0 Å². The van der Waals surface area contributed by atoms with Gasteiger partial charge < -0.3 is 24.2 Å². The number of non-ortho nitro benzene ring substituents is 1. The summed E-state index contributed by atoms with van der Waals surface area (Å²) >= 11 is 0. The number of nitrogens with zero attached hydrogens (tertiary/aromatic N) is 6. The lowest BCUT2D eigenvalue weighted by molar-refractivity contribution is -0.385. The Morgan fingerprint density at radius 3 is 2.37 bits per heavy atom. The Morgan fingerprint density at radius 1 is 0.919 bits per heavy atom. The highest BCUT2D eigenvalue weighted by atomic mass is 28.3. The summed E-state index contributed by atoms with van der Waals surface area (Å²) in [4.78, 5) is 44.7. The molecule has 9 rings (SSSR count). The fraction of sp³-hybridized carbons (Fsp3) is 0.277. The Balaban J connectivity index is 1.08. The third-order valence-corrected chi connectivity index (χ3v) is 17.2. The van der Waals surface area contributed by atoms with Gasteiger partial charge in [0, 0.05) is 55.1 Å². The molecule has 2 amide bonds. The Kier molecular flexibility index (Phi) is 10.5. The van der Waals surface area contributed by atoms with Gasteiger partial charge in [-0.05, 0) is 72.1 Å². The minimum Gasteiger partial charge on any atom is -0.497 e. The van der Waals surface area contributed by atoms with Crippen LogP contribution in [0.4, 0.5) is 22.7 Å². The van der Waals surface area contributed by atoms with Crippen LogP contribution in [0.1, 0.15) is 40.5 Å². The third-order valence-electron chi connectivity index (χ3n) is 12.8. The minimum absolute atomic E-state index is 0.0421. The van der Waals surface area contributed by atoms with E-state index in [0.29, 0.717) is 64.8 Å². The van der Waals surface area contributed by atoms with E-state index >= 15 is 4.79 Å². The van der Waals surface area contributed by atoms with Crippen LogP contribution in [-0.2, 0) is 34.6 Å². The highest BCUT2D eigenvalue weighted by Crippen LogP contribution is 2.60. The van der Waals surface area contributed by atoms with E-state index in [4.69, 9.17) is 14.2 Å². The monoisotopic (exact) mass is 850 g/mol. The Labute approximate surface area is 359 Å². The van der Waals surface area contributed by atoms with Crippen molar-refractivity contribution in [3.05, 3.63) is 154 Å². The molecule has 14 nitrogen and oxygen atoms in total. The van der Waals surface area contributed by atoms with E-state index in [1.807, 2.05) is 72.9 Å².